The molecule has 1 rings (SSSR count). The van der Waals surface area contributed by atoms with E-state index in [1.807, 2.05) is 0 Å². The van der Waals surface area contributed by atoms with Crippen molar-refractivity contribution in [1.82, 2.24) is 15.0 Å². The van der Waals surface area contributed by atoms with E-state index in [1.54, 1.807) is 6.92 Å². The van der Waals surface area contributed by atoms with Gasteiger partial charge >= 0.3 is 0 Å². The molecule has 1 heterocycles. The molecule has 1 N–H and O–H groups in total. The van der Waals surface area contributed by atoms with Crippen LogP contribution in [0.1, 0.15) is 18.9 Å². The molecule has 0 saturated carbocycles. The van der Waals surface area contributed by atoms with Crippen LogP contribution in [0.3, 0.4) is 0 Å². The van der Waals surface area contributed by atoms with Crippen molar-refractivity contribution >= 4 is 0 Å². The molecule has 1 atom stereocenters. The first-order valence-electron chi connectivity index (χ1n) is 2.60. The minimum atomic E-state index is -0.604. The van der Waals surface area contributed by atoms with E-state index < -0.39 is 6.10 Å². The summed E-state index contributed by atoms with van der Waals surface area (Å²) in [6.45, 7) is 1.61. The number of rotatable bonds is 1. The van der Waals surface area contributed by atoms with Gasteiger partial charge in [-0.25, -0.2) is 15.0 Å². The first-order chi connectivity index (χ1) is 4.30. The molecule has 0 bridgehead atoms. The average molecular weight is 125 g/mol. The summed E-state index contributed by atoms with van der Waals surface area (Å²) < 4.78 is 0. The molecule has 1 unspecified atom stereocenters. The van der Waals surface area contributed by atoms with Crippen LogP contribution in [-0.4, -0.2) is 20.1 Å². The number of nitrogens with zero attached hydrogens (tertiary/aromatic N) is 3. The molecule has 0 fully saturated rings. The Morgan fingerprint density at radius 2 is 2.00 bits per heavy atom. The molecule has 0 aliphatic heterocycles. The number of hydrogen-bond acceptors (Lipinski definition) is 4. The van der Waals surface area contributed by atoms with Crippen LogP contribution in [0.5, 0.6) is 0 Å². The Balaban J connectivity index is 2.85. The highest BCUT2D eigenvalue weighted by Crippen LogP contribution is 2.00. The predicted molar refractivity (Wildman–Crippen MR) is 30.5 cm³/mol. The highest BCUT2D eigenvalue weighted by molar-refractivity contribution is 4.84. The first-order valence-corrected chi connectivity index (χ1v) is 2.60. The van der Waals surface area contributed by atoms with E-state index in [9.17, 15) is 0 Å². The zero-order valence-corrected chi connectivity index (χ0v) is 5.02. The fourth-order valence-corrected chi connectivity index (χ4v) is 0.464. The molecule has 9 heavy (non-hydrogen) atoms. The van der Waals surface area contributed by atoms with Gasteiger partial charge in [0.15, 0.2) is 5.82 Å². The van der Waals surface area contributed by atoms with Crippen LogP contribution in [-0.2, 0) is 0 Å². The monoisotopic (exact) mass is 125 g/mol. The standard InChI is InChI=1S/C5H7N3O/c1-4(9)5-7-2-6-3-8-5/h2-4,9H,1H3. The Labute approximate surface area is 52.6 Å². The summed E-state index contributed by atoms with van der Waals surface area (Å²) in [6, 6.07) is 0. The molecule has 0 radical (unpaired) electrons. The number of aromatic nitrogens is 3. The van der Waals surface area contributed by atoms with Gasteiger partial charge < -0.3 is 5.11 Å². The fraction of sp³-hybridized carbons (Fsp3) is 0.400. The molecular formula is C5H7N3O. The average Bonchev–Trinajstić information content (AvgIpc) is 1.90. The lowest BCUT2D eigenvalue weighted by atomic mass is 10.4. The quantitative estimate of drug-likeness (QED) is 0.570. The molecule has 4 nitrogen and oxygen atoms in total. The summed E-state index contributed by atoms with van der Waals surface area (Å²) in [7, 11) is 0. The third-order valence-corrected chi connectivity index (χ3v) is 0.887. The third-order valence-electron chi connectivity index (χ3n) is 0.887. The maximum Gasteiger partial charge on any atom is 0.160 e. The molecule has 0 aromatic carbocycles. The zero-order chi connectivity index (χ0) is 6.69. The molecular weight excluding hydrogens is 118 g/mol. The third kappa shape index (κ3) is 1.43. The van der Waals surface area contributed by atoms with Crippen molar-refractivity contribution in [2.75, 3.05) is 0 Å². The summed E-state index contributed by atoms with van der Waals surface area (Å²) >= 11 is 0. The van der Waals surface area contributed by atoms with E-state index in [4.69, 9.17) is 5.11 Å². The molecule has 0 aliphatic rings. The maximum atomic E-state index is 8.87. The van der Waals surface area contributed by atoms with Crippen molar-refractivity contribution in [2.24, 2.45) is 0 Å². The molecule has 0 aliphatic carbocycles. The van der Waals surface area contributed by atoms with E-state index in [2.05, 4.69) is 15.0 Å². The van der Waals surface area contributed by atoms with Gasteiger partial charge in [-0.05, 0) is 6.92 Å². The van der Waals surface area contributed by atoms with E-state index in [0.717, 1.165) is 0 Å². The SMILES string of the molecule is CC(O)c1ncncn1. The zero-order valence-electron chi connectivity index (χ0n) is 5.02. The highest BCUT2D eigenvalue weighted by atomic mass is 16.3. The van der Waals surface area contributed by atoms with Crippen LogP contribution in [0.25, 0.3) is 0 Å². The van der Waals surface area contributed by atoms with Gasteiger partial charge in [0, 0.05) is 0 Å². The minimum Gasteiger partial charge on any atom is -0.385 e. The van der Waals surface area contributed by atoms with Crippen LogP contribution < -0.4 is 0 Å². The van der Waals surface area contributed by atoms with Crippen LogP contribution >= 0.6 is 0 Å². The summed E-state index contributed by atoms with van der Waals surface area (Å²) in [4.78, 5) is 11.0. The lowest BCUT2D eigenvalue weighted by Gasteiger charge is -1.97. The number of aliphatic hydroxyl groups excluding tert-OH is 1. The van der Waals surface area contributed by atoms with Gasteiger partial charge in [0.25, 0.3) is 0 Å². The Bertz CT molecular complexity index is 175. The fourth-order valence-electron chi connectivity index (χ4n) is 0.464. The summed E-state index contributed by atoms with van der Waals surface area (Å²) in [5.41, 5.74) is 0. The second-order valence-electron chi connectivity index (χ2n) is 1.67. The number of hydrogen-bond donors (Lipinski definition) is 1. The van der Waals surface area contributed by atoms with Gasteiger partial charge in [0.1, 0.15) is 18.8 Å². The molecule has 1 aromatic rings. The van der Waals surface area contributed by atoms with Gasteiger partial charge in [-0.15, -0.1) is 0 Å². The molecule has 0 spiro atoms. The topological polar surface area (TPSA) is 58.9 Å². The highest BCUT2D eigenvalue weighted by Gasteiger charge is 1.99. The Morgan fingerprint density at radius 1 is 1.44 bits per heavy atom. The maximum absolute atomic E-state index is 8.87. The molecule has 48 valence electrons. The van der Waals surface area contributed by atoms with E-state index in [1.165, 1.54) is 12.7 Å². The van der Waals surface area contributed by atoms with Crippen molar-refractivity contribution in [3.05, 3.63) is 18.5 Å². The normalized spacial score (nSPS) is 13.1. The Hall–Kier alpha value is -1.03. The predicted octanol–water partition coefficient (Wildman–Crippen LogP) is -0.0751. The van der Waals surface area contributed by atoms with Gasteiger partial charge in [0.2, 0.25) is 0 Å². The van der Waals surface area contributed by atoms with Gasteiger partial charge in [-0.2, -0.15) is 0 Å². The van der Waals surface area contributed by atoms with Gasteiger partial charge in [-0.3, -0.25) is 0 Å². The number of aliphatic hydroxyl groups is 1. The second kappa shape index (κ2) is 2.50. The van der Waals surface area contributed by atoms with E-state index >= 15 is 0 Å². The largest absolute Gasteiger partial charge is 0.385 e. The Kier molecular flexibility index (Phi) is 1.69. The molecule has 0 saturated heterocycles. The van der Waals surface area contributed by atoms with Crippen LogP contribution in [0.4, 0.5) is 0 Å². The lowest BCUT2D eigenvalue weighted by molar-refractivity contribution is 0.188. The summed E-state index contributed by atoms with van der Waals surface area (Å²) in [6.07, 6.45) is 2.11. The van der Waals surface area contributed by atoms with Crippen molar-refractivity contribution in [2.45, 2.75) is 13.0 Å². The van der Waals surface area contributed by atoms with Crippen LogP contribution in [0.15, 0.2) is 12.7 Å². The molecule has 0 amide bonds. The van der Waals surface area contributed by atoms with E-state index in [-0.39, 0.29) is 0 Å². The second-order valence-corrected chi connectivity index (χ2v) is 1.67. The van der Waals surface area contributed by atoms with Crippen molar-refractivity contribution in [1.29, 1.82) is 0 Å². The van der Waals surface area contributed by atoms with Crippen LogP contribution in [0.2, 0.25) is 0 Å². The Morgan fingerprint density at radius 3 is 2.33 bits per heavy atom. The van der Waals surface area contributed by atoms with Crippen molar-refractivity contribution < 1.29 is 5.11 Å². The minimum absolute atomic E-state index is 0.407. The molecule has 4 heteroatoms. The summed E-state index contributed by atoms with van der Waals surface area (Å²) in [5.74, 6) is 0.407. The van der Waals surface area contributed by atoms with E-state index in [0.29, 0.717) is 5.82 Å². The van der Waals surface area contributed by atoms with Gasteiger partial charge in [-0.1, -0.05) is 0 Å². The van der Waals surface area contributed by atoms with Crippen molar-refractivity contribution in [3.8, 4) is 0 Å². The first kappa shape index (κ1) is 6.10. The lowest BCUT2D eigenvalue weighted by Crippen LogP contribution is -1.98. The van der Waals surface area contributed by atoms with Gasteiger partial charge in [0.05, 0.1) is 0 Å². The smallest absolute Gasteiger partial charge is 0.160 e. The van der Waals surface area contributed by atoms with Crippen LogP contribution in [0, 0.1) is 0 Å². The molecule has 1 aromatic heterocycles. The van der Waals surface area contributed by atoms with Crippen molar-refractivity contribution in [3.63, 3.8) is 0 Å². The summed E-state index contributed by atoms with van der Waals surface area (Å²) in [5, 5.41) is 8.87.